The van der Waals surface area contributed by atoms with Crippen molar-refractivity contribution in [3.05, 3.63) is 53.0 Å². The van der Waals surface area contributed by atoms with Gasteiger partial charge in [0.05, 0.1) is 7.11 Å². The summed E-state index contributed by atoms with van der Waals surface area (Å²) < 4.78 is 4.74. The molecule has 0 fully saturated rings. The average Bonchev–Trinajstić information content (AvgIpc) is 2.88. The molecule has 4 heteroatoms. The first-order valence-corrected chi connectivity index (χ1v) is 7.05. The van der Waals surface area contributed by atoms with Crippen molar-refractivity contribution < 1.29 is 9.53 Å². The van der Waals surface area contributed by atoms with Gasteiger partial charge >= 0.3 is 5.97 Å². The molecule has 0 aliphatic heterocycles. The number of thiazole rings is 1. The number of benzene rings is 2. The van der Waals surface area contributed by atoms with Crippen molar-refractivity contribution in [2.75, 3.05) is 7.11 Å². The zero-order chi connectivity index (χ0) is 14.1. The molecule has 3 nitrogen and oxygen atoms in total. The summed E-state index contributed by atoms with van der Waals surface area (Å²) in [5.41, 5.74) is 1.42. The van der Waals surface area contributed by atoms with Crippen LogP contribution in [0.1, 0.15) is 15.4 Å². The molecule has 3 rings (SSSR count). The summed E-state index contributed by atoms with van der Waals surface area (Å²) >= 11 is 1.51. The van der Waals surface area contributed by atoms with Crippen molar-refractivity contribution in [3.63, 3.8) is 0 Å². The molecule has 0 bridgehead atoms. The normalized spacial score (nSPS) is 10.7. The van der Waals surface area contributed by atoms with Crippen LogP contribution >= 0.6 is 11.3 Å². The van der Waals surface area contributed by atoms with Crippen molar-refractivity contribution in [1.82, 2.24) is 4.98 Å². The van der Waals surface area contributed by atoms with E-state index in [2.05, 4.69) is 29.2 Å². The number of hydrogen-bond acceptors (Lipinski definition) is 4. The monoisotopic (exact) mass is 283 g/mol. The Balaban J connectivity index is 2.09. The number of aromatic nitrogens is 1. The van der Waals surface area contributed by atoms with Crippen LogP contribution in [0.2, 0.25) is 0 Å². The van der Waals surface area contributed by atoms with Crippen molar-refractivity contribution in [2.45, 2.75) is 6.92 Å². The van der Waals surface area contributed by atoms with Crippen molar-refractivity contribution in [1.29, 1.82) is 0 Å². The van der Waals surface area contributed by atoms with Crippen LogP contribution in [0.3, 0.4) is 0 Å². The summed E-state index contributed by atoms with van der Waals surface area (Å²) in [4.78, 5) is 16.9. The Kier molecular flexibility index (Phi) is 3.24. The van der Waals surface area contributed by atoms with Crippen LogP contribution in [0.5, 0.6) is 0 Å². The number of carbonyl (C=O) groups excluding carboxylic acids is 1. The molecule has 0 amide bonds. The topological polar surface area (TPSA) is 39.2 Å². The zero-order valence-corrected chi connectivity index (χ0v) is 12.0. The van der Waals surface area contributed by atoms with Crippen LogP contribution in [0.15, 0.2) is 42.5 Å². The van der Waals surface area contributed by atoms with Gasteiger partial charge in [-0.15, -0.1) is 11.3 Å². The first-order valence-electron chi connectivity index (χ1n) is 6.24. The molecule has 2 aromatic carbocycles. The lowest BCUT2D eigenvalue weighted by atomic mass is 10.1. The van der Waals surface area contributed by atoms with Gasteiger partial charge in [-0.2, -0.15) is 0 Å². The maximum atomic E-state index is 11.6. The predicted octanol–water partition coefficient (Wildman–Crippen LogP) is 4.06. The summed E-state index contributed by atoms with van der Waals surface area (Å²) in [6, 6.07) is 14.4. The molecule has 0 unspecified atom stereocenters. The number of aryl methyl sites for hydroxylation is 1. The van der Waals surface area contributed by atoms with Gasteiger partial charge in [-0.05, 0) is 23.8 Å². The Hall–Kier alpha value is -2.20. The van der Waals surface area contributed by atoms with Crippen molar-refractivity contribution >= 4 is 28.1 Å². The molecule has 0 atom stereocenters. The SMILES string of the molecule is COC(=O)c1nc(-c2ccc3ccccc3c2)sc1C. The number of ether oxygens (including phenoxy) is 1. The molecule has 0 radical (unpaired) electrons. The highest BCUT2D eigenvalue weighted by Gasteiger charge is 2.16. The van der Waals surface area contributed by atoms with Gasteiger partial charge in [0.2, 0.25) is 0 Å². The summed E-state index contributed by atoms with van der Waals surface area (Å²) in [6.45, 7) is 1.88. The molecule has 0 saturated carbocycles. The summed E-state index contributed by atoms with van der Waals surface area (Å²) in [5, 5.41) is 3.20. The van der Waals surface area contributed by atoms with Crippen LogP contribution in [0.25, 0.3) is 21.3 Å². The van der Waals surface area contributed by atoms with Gasteiger partial charge in [0.15, 0.2) is 5.69 Å². The number of rotatable bonds is 2. The molecule has 1 heterocycles. The summed E-state index contributed by atoms with van der Waals surface area (Å²) in [5.74, 6) is -0.384. The van der Waals surface area contributed by atoms with Crippen LogP contribution < -0.4 is 0 Å². The first-order chi connectivity index (χ1) is 9.69. The third kappa shape index (κ3) is 2.18. The Bertz CT molecular complexity index is 792. The smallest absolute Gasteiger partial charge is 0.357 e. The Labute approximate surface area is 120 Å². The number of methoxy groups -OCH3 is 1. The van der Waals surface area contributed by atoms with Crippen molar-refractivity contribution in [2.24, 2.45) is 0 Å². The fourth-order valence-corrected chi connectivity index (χ4v) is 3.03. The van der Waals surface area contributed by atoms with E-state index in [4.69, 9.17) is 4.74 Å². The zero-order valence-electron chi connectivity index (χ0n) is 11.2. The molecular formula is C16H13NO2S. The van der Waals surface area contributed by atoms with Crippen LogP contribution in [-0.4, -0.2) is 18.1 Å². The lowest BCUT2D eigenvalue weighted by Crippen LogP contribution is -2.03. The van der Waals surface area contributed by atoms with E-state index < -0.39 is 0 Å². The second-order valence-corrected chi connectivity index (χ2v) is 5.68. The second-order valence-electron chi connectivity index (χ2n) is 4.48. The fraction of sp³-hybridized carbons (Fsp3) is 0.125. The van der Waals surface area contributed by atoms with Gasteiger partial charge in [0.1, 0.15) is 5.01 Å². The minimum atomic E-state index is -0.384. The first kappa shape index (κ1) is 12.8. The van der Waals surface area contributed by atoms with Crippen molar-refractivity contribution in [3.8, 4) is 10.6 Å². The van der Waals surface area contributed by atoms with Crippen LogP contribution in [0, 0.1) is 6.92 Å². The van der Waals surface area contributed by atoms with Gasteiger partial charge in [-0.25, -0.2) is 9.78 Å². The number of fused-ring (bicyclic) bond motifs is 1. The maximum absolute atomic E-state index is 11.6. The summed E-state index contributed by atoms with van der Waals surface area (Å²) in [7, 11) is 1.37. The average molecular weight is 283 g/mol. The Morgan fingerprint density at radius 2 is 1.90 bits per heavy atom. The third-order valence-corrected chi connectivity index (χ3v) is 4.19. The van der Waals surface area contributed by atoms with E-state index >= 15 is 0 Å². The van der Waals surface area contributed by atoms with E-state index in [0.717, 1.165) is 20.8 Å². The molecule has 100 valence electrons. The predicted molar refractivity (Wildman–Crippen MR) is 81.1 cm³/mol. The van der Waals surface area contributed by atoms with E-state index in [-0.39, 0.29) is 5.97 Å². The fourth-order valence-electron chi connectivity index (χ4n) is 2.13. The van der Waals surface area contributed by atoms with Crippen LogP contribution in [-0.2, 0) is 4.74 Å². The second kappa shape index (κ2) is 5.06. The molecule has 20 heavy (non-hydrogen) atoms. The van der Waals surface area contributed by atoms with E-state index in [1.165, 1.54) is 23.8 Å². The molecular weight excluding hydrogens is 270 g/mol. The minimum absolute atomic E-state index is 0.384. The van der Waals surface area contributed by atoms with E-state index in [1.54, 1.807) is 0 Å². The lowest BCUT2D eigenvalue weighted by Gasteiger charge is -2.00. The van der Waals surface area contributed by atoms with Gasteiger partial charge in [0, 0.05) is 10.4 Å². The molecule has 0 N–H and O–H groups in total. The molecule has 3 aromatic rings. The minimum Gasteiger partial charge on any atom is -0.464 e. The van der Waals surface area contributed by atoms with Gasteiger partial charge in [-0.1, -0.05) is 36.4 Å². The lowest BCUT2D eigenvalue weighted by molar-refractivity contribution is 0.0594. The molecule has 0 spiro atoms. The Morgan fingerprint density at radius 1 is 1.15 bits per heavy atom. The third-order valence-electron chi connectivity index (χ3n) is 3.17. The standard InChI is InChI=1S/C16H13NO2S/c1-10-14(16(18)19-2)17-15(20-10)13-8-7-11-5-3-4-6-12(11)9-13/h3-9H,1-2H3. The highest BCUT2D eigenvalue weighted by Crippen LogP contribution is 2.30. The number of nitrogens with zero attached hydrogens (tertiary/aromatic N) is 1. The highest BCUT2D eigenvalue weighted by molar-refractivity contribution is 7.15. The molecule has 1 aromatic heterocycles. The quantitative estimate of drug-likeness (QED) is 0.666. The van der Waals surface area contributed by atoms with E-state index in [1.807, 2.05) is 25.1 Å². The van der Waals surface area contributed by atoms with Gasteiger partial charge in [-0.3, -0.25) is 0 Å². The number of carbonyl (C=O) groups is 1. The highest BCUT2D eigenvalue weighted by atomic mass is 32.1. The number of hydrogen-bond donors (Lipinski definition) is 0. The summed E-state index contributed by atoms with van der Waals surface area (Å²) in [6.07, 6.45) is 0. The van der Waals surface area contributed by atoms with E-state index in [0.29, 0.717) is 5.69 Å². The maximum Gasteiger partial charge on any atom is 0.357 e. The molecule has 0 saturated heterocycles. The van der Waals surface area contributed by atoms with Gasteiger partial charge in [0.25, 0.3) is 0 Å². The molecule has 0 aliphatic carbocycles. The number of esters is 1. The Morgan fingerprint density at radius 3 is 2.65 bits per heavy atom. The van der Waals surface area contributed by atoms with Crippen LogP contribution in [0.4, 0.5) is 0 Å². The largest absolute Gasteiger partial charge is 0.464 e. The molecule has 0 aliphatic rings. The van der Waals surface area contributed by atoms with E-state index in [9.17, 15) is 4.79 Å². The van der Waals surface area contributed by atoms with Gasteiger partial charge < -0.3 is 4.74 Å².